The molecule has 7 heteroatoms. The predicted molar refractivity (Wildman–Crippen MR) is 105 cm³/mol. The van der Waals surface area contributed by atoms with Gasteiger partial charge in [0.15, 0.2) is 0 Å². The maximum atomic E-state index is 12.5. The van der Waals surface area contributed by atoms with E-state index in [1.165, 1.54) is 22.7 Å². The minimum atomic E-state index is -0.442. The third-order valence-electron chi connectivity index (χ3n) is 3.64. The smallest absolute Gasteiger partial charge is 0.341 e. The average molecular weight is 387 g/mol. The van der Waals surface area contributed by atoms with Gasteiger partial charge in [-0.3, -0.25) is 4.79 Å². The van der Waals surface area contributed by atoms with Gasteiger partial charge < -0.3 is 14.8 Å². The van der Waals surface area contributed by atoms with Crippen LogP contribution >= 0.6 is 22.7 Å². The highest BCUT2D eigenvalue weighted by Crippen LogP contribution is 2.38. The number of rotatable bonds is 6. The molecule has 0 radical (unpaired) electrons. The van der Waals surface area contributed by atoms with Crippen molar-refractivity contribution in [1.82, 2.24) is 0 Å². The normalized spacial score (nSPS) is 10.4. The Labute approximate surface area is 159 Å². The second-order valence-corrected chi connectivity index (χ2v) is 7.06. The third-order valence-corrected chi connectivity index (χ3v) is 5.44. The first-order valence-electron chi connectivity index (χ1n) is 7.92. The van der Waals surface area contributed by atoms with Crippen molar-refractivity contribution in [3.63, 3.8) is 0 Å². The summed E-state index contributed by atoms with van der Waals surface area (Å²) in [5.41, 5.74) is 1.64. The van der Waals surface area contributed by atoms with Crippen molar-refractivity contribution >= 4 is 39.6 Å². The molecular weight excluding hydrogens is 370 g/mol. The largest absolute Gasteiger partial charge is 0.497 e. The highest BCUT2D eigenvalue weighted by Gasteiger charge is 2.23. The van der Waals surface area contributed by atoms with Gasteiger partial charge in [-0.25, -0.2) is 4.79 Å². The molecular formula is C19H17NO4S2. The molecule has 0 aliphatic rings. The summed E-state index contributed by atoms with van der Waals surface area (Å²) in [6.07, 6.45) is 0. The number of esters is 1. The van der Waals surface area contributed by atoms with Crippen molar-refractivity contribution in [2.45, 2.75) is 6.92 Å². The predicted octanol–water partition coefficient (Wildman–Crippen LogP) is 4.91. The summed E-state index contributed by atoms with van der Waals surface area (Å²) in [6.45, 7) is 2.02. The monoisotopic (exact) mass is 387 g/mol. The van der Waals surface area contributed by atoms with Crippen molar-refractivity contribution in [3.05, 3.63) is 58.3 Å². The van der Waals surface area contributed by atoms with Crippen LogP contribution in [0, 0.1) is 0 Å². The van der Waals surface area contributed by atoms with Crippen molar-refractivity contribution in [2.24, 2.45) is 0 Å². The first-order chi connectivity index (χ1) is 12.6. The van der Waals surface area contributed by atoms with E-state index < -0.39 is 5.97 Å². The first-order valence-corrected chi connectivity index (χ1v) is 9.67. The van der Waals surface area contributed by atoms with Crippen LogP contribution in [-0.4, -0.2) is 25.6 Å². The molecule has 3 rings (SSSR count). The van der Waals surface area contributed by atoms with Gasteiger partial charge in [0, 0.05) is 21.4 Å². The van der Waals surface area contributed by atoms with Gasteiger partial charge in [0.05, 0.1) is 13.7 Å². The summed E-state index contributed by atoms with van der Waals surface area (Å²) in [6, 6.07) is 10.6. The van der Waals surface area contributed by atoms with E-state index >= 15 is 0 Å². The number of benzene rings is 1. The average Bonchev–Trinajstić information content (AvgIpc) is 3.31. The molecule has 1 N–H and O–H groups in total. The van der Waals surface area contributed by atoms with Crippen LogP contribution in [0.25, 0.3) is 10.4 Å². The molecule has 0 atom stereocenters. The summed E-state index contributed by atoms with van der Waals surface area (Å²) in [7, 11) is 1.57. The molecule has 0 saturated carbocycles. The standard InChI is InChI=1S/C19H17NO4S2/c1-3-24-19(22)16-14(15-5-4-10-25-15)11-26-18(16)20-17(21)12-6-8-13(23-2)9-7-12/h4-11H,3H2,1-2H3,(H,20,21). The highest BCUT2D eigenvalue weighted by molar-refractivity contribution is 7.17. The van der Waals surface area contributed by atoms with E-state index in [-0.39, 0.29) is 12.5 Å². The van der Waals surface area contributed by atoms with Gasteiger partial charge in [0.2, 0.25) is 0 Å². The van der Waals surface area contributed by atoms with E-state index in [1.807, 2.05) is 22.9 Å². The maximum absolute atomic E-state index is 12.5. The Hall–Kier alpha value is -2.64. The topological polar surface area (TPSA) is 64.6 Å². The second kappa shape index (κ2) is 8.16. The lowest BCUT2D eigenvalue weighted by Gasteiger charge is -2.08. The van der Waals surface area contributed by atoms with Crippen molar-refractivity contribution < 1.29 is 19.1 Å². The van der Waals surface area contributed by atoms with Crippen LogP contribution in [-0.2, 0) is 4.74 Å². The molecule has 5 nitrogen and oxygen atoms in total. The van der Waals surface area contributed by atoms with Gasteiger partial charge in [0.1, 0.15) is 16.3 Å². The van der Waals surface area contributed by atoms with Crippen LogP contribution in [0.4, 0.5) is 5.00 Å². The number of hydrogen-bond acceptors (Lipinski definition) is 6. The Morgan fingerprint density at radius 1 is 1.12 bits per heavy atom. The molecule has 0 aliphatic carbocycles. The van der Waals surface area contributed by atoms with E-state index in [9.17, 15) is 9.59 Å². The van der Waals surface area contributed by atoms with Crippen molar-refractivity contribution in [2.75, 3.05) is 19.0 Å². The van der Waals surface area contributed by atoms with Gasteiger partial charge in [-0.1, -0.05) is 6.07 Å². The molecule has 2 aromatic heterocycles. The Morgan fingerprint density at radius 3 is 2.50 bits per heavy atom. The molecule has 3 aromatic rings. The summed E-state index contributed by atoms with van der Waals surface area (Å²) >= 11 is 2.84. The van der Waals surface area contributed by atoms with Crippen molar-refractivity contribution in [1.29, 1.82) is 0 Å². The van der Waals surface area contributed by atoms with E-state index in [2.05, 4.69) is 5.32 Å². The van der Waals surface area contributed by atoms with Gasteiger partial charge in [0.25, 0.3) is 5.91 Å². The van der Waals surface area contributed by atoms with E-state index in [4.69, 9.17) is 9.47 Å². The van der Waals surface area contributed by atoms with E-state index in [0.717, 1.165) is 10.4 Å². The zero-order chi connectivity index (χ0) is 18.5. The number of hydrogen-bond donors (Lipinski definition) is 1. The number of anilines is 1. The molecule has 0 bridgehead atoms. The Bertz CT molecular complexity index is 898. The zero-order valence-corrected chi connectivity index (χ0v) is 15.9. The number of methoxy groups -OCH3 is 1. The molecule has 26 heavy (non-hydrogen) atoms. The molecule has 0 saturated heterocycles. The summed E-state index contributed by atoms with van der Waals surface area (Å²) < 4.78 is 10.3. The van der Waals surface area contributed by atoms with Crippen LogP contribution < -0.4 is 10.1 Å². The highest BCUT2D eigenvalue weighted by atomic mass is 32.1. The molecule has 1 aromatic carbocycles. The second-order valence-electron chi connectivity index (χ2n) is 5.23. The number of carbonyl (C=O) groups excluding carboxylic acids is 2. The number of carbonyl (C=O) groups is 2. The van der Waals surface area contributed by atoms with Crippen LogP contribution in [0.15, 0.2) is 47.2 Å². The Morgan fingerprint density at radius 2 is 1.88 bits per heavy atom. The number of nitrogens with one attached hydrogen (secondary N) is 1. The lowest BCUT2D eigenvalue weighted by atomic mass is 10.1. The quantitative estimate of drug-likeness (QED) is 0.610. The molecule has 134 valence electrons. The van der Waals surface area contributed by atoms with Gasteiger partial charge >= 0.3 is 5.97 Å². The maximum Gasteiger partial charge on any atom is 0.341 e. The molecule has 0 aliphatic heterocycles. The number of amides is 1. The summed E-state index contributed by atoms with van der Waals surface area (Å²) in [4.78, 5) is 26.0. The number of thiophene rings is 2. The molecule has 0 fully saturated rings. The van der Waals surface area contributed by atoms with Gasteiger partial charge in [-0.15, -0.1) is 22.7 Å². The Kier molecular flexibility index (Phi) is 5.70. The van der Waals surface area contributed by atoms with Crippen LogP contribution in [0.5, 0.6) is 5.75 Å². The van der Waals surface area contributed by atoms with Gasteiger partial charge in [-0.05, 0) is 42.6 Å². The minimum Gasteiger partial charge on any atom is -0.497 e. The molecule has 1 amide bonds. The van der Waals surface area contributed by atoms with Crippen LogP contribution in [0.3, 0.4) is 0 Å². The first kappa shape index (κ1) is 18.2. The fourth-order valence-corrected chi connectivity index (χ4v) is 4.15. The molecule has 0 spiro atoms. The Balaban J connectivity index is 1.91. The van der Waals surface area contributed by atoms with Crippen molar-refractivity contribution in [3.8, 4) is 16.2 Å². The third kappa shape index (κ3) is 3.79. The summed E-state index contributed by atoms with van der Waals surface area (Å²) in [5, 5.41) is 7.11. The lowest BCUT2D eigenvalue weighted by Crippen LogP contribution is -2.14. The van der Waals surface area contributed by atoms with Crippen LogP contribution in [0.1, 0.15) is 27.6 Å². The van der Waals surface area contributed by atoms with Crippen LogP contribution in [0.2, 0.25) is 0 Å². The lowest BCUT2D eigenvalue weighted by molar-refractivity contribution is 0.0529. The SMILES string of the molecule is CCOC(=O)c1c(-c2cccs2)csc1NC(=O)c1ccc(OC)cc1. The fourth-order valence-electron chi connectivity index (χ4n) is 2.39. The number of ether oxygens (including phenoxy) is 2. The zero-order valence-electron chi connectivity index (χ0n) is 14.3. The molecule has 0 unspecified atom stereocenters. The van der Waals surface area contributed by atoms with Gasteiger partial charge in [-0.2, -0.15) is 0 Å². The van der Waals surface area contributed by atoms with E-state index in [1.54, 1.807) is 38.3 Å². The minimum absolute atomic E-state index is 0.268. The fraction of sp³-hybridized carbons (Fsp3) is 0.158. The van der Waals surface area contributed by atoms with E-state index in [0.29, 0.717) is 21.9 Å². The molecule has 2 heterocycles. The summed E-state index contributed by atoms with van der Waals surface area (Å²) in [5.74, 6) is -0.0650.